The van der Waals surface area contributed by atoms with Crippen molar-refractivity contribution in [2.45, 2.75) is 6.54 Å². The van der Waals surface area contributed by atoms with Crippen LogP contribution in [-0.2, 0) is 16.1 Å². The minimum atomic E-state index is -0.527. The SMILES string of the molecule is COc1ccc(C=CC(=O)C(=O)N2CCN(Cc3cccnc3)CC2)cc1OC. The molecule has 2 aromatic rings. The maximum absolute atomic E-state index is 12.5. The van der Waals surface area contributed by atoms with Crippen molar-refractivity contribution in [3.8, 4) is 11.5 Å². The van der Waals surface area contributed by atoms with Crippen LogP contribution in [0.1, 0.15) is 11.1 Å². The number of carbonyl (C=O) groups excluding carboxylic acids is 2. The number of hydrogen-bond acceptors (Lipinski definition) is 6. The molecule has 1 fully saturated rings. The molecule has 1 aliphatic heterocycles. The van der Waals surface area contributed by atoms with Gasteiger partial charge < -0.3 is 14.4 Å². The number of piperazine rings is 1. The lowest BCUT2D eigenvalue weighted by atomic mass is 10.1. The number of hydrogen-bond donors (Lipinski definition) is 0. The van der Waals surface area contributed by atoms with E-state index in [9.17, 15) is 9.59 Å². The molecule has 0 saturated carbocycles. The van der Waals surface area contributed by atoms with E-state index in [1.165, 1.54) is 6.08 Å². The molecule has 1 aromatic carbocycles. The van der Waals surface area contributed by atoms with Gasteiger partial charge in [0.25, 0.3) is 5.91 Å². The van der Waals surface area contributed by atoms with Crippen molar-refractivity contribution >= 4 is 17.8 Å². The van der Waals surface area contributed by atoms with Crippen LogP contribution < -0.4 is 9.47 Å². The summed E-state index contributed by atoms with van der Waals surface area (Å²) in [6.07, 6.45) is 6.52. The Morgan fingerprint density at radius 2 is 1.83 bits per heavy atom. The summed E-state index contributed by atoms with van der Waals surface area (Å²) in [6, 6.07) is 9.26. The molecule has 1 saturated heterocycles. The molecule has 0 bridgehead atoms. The summed E-state index contributed by atoms with van der Waals surface area (Å²) >= 11 is 0. The van der Waals surface area contributed by atoms with E-state index in [-0.39, 0.29) is 0 Å². The minimum Gasteiger partial charge on any atom is -0.493 e. The van der Waals surface area contributed by atoms with E-state index >= 15 is 0 Å². The van der Waals surface area contributed by atoms with Crippen LogP contribution in [0.3, 0.4) is 0 Å². The molecule has 1 aliphatic rings. The monoisotopic (exact) mass is 395 g/mol. The first kappa shape index (κ1) is 20.5. The lowest BCUT2D eigenvalue weighted by Gasteiger charge is -2.34. The number of benzene rings is 1. The average molecular weight is 395 g/mol. The third kappa shape index (κ3) is 5.42. The molecule has 0 aliphatic carbocycles. The first-order chi connectivity index (χ1) is 14.1. The Balaban J connectivity index is 1.53. The van der Waals surface area contributed by atoms with Crippen LogP contribution in [0.15, 0.2) is 48.8 Å². The van der Waals surface area contributed by atoms with Crippen LogP contribution in [0.5, 0.6) is 11.5 Å². The molecule has 0 radical (unpaired) electrons. The van der Waals surface area contributed by atoms with Gasteiger partial charge in [0, 0.05) is 45.1 Å². The average Bonchev–Trinajstić information content (AvgIpc) is 2.78. The van der Waals surface area contributed by atoms with Crippen LogP contribution in [0.25, 0.3) is 6.08 Å². The topological polar surface area (TPSA) is 72.0 Å². The third-order valence-electron chi connectivity index (χ3n) is 4.83. The number of carbonyl (C=O) groups is 2. The molecule has 1 amide bonds. The summed E-state index contributed by atoms with van der Waals surface area (Å²) < 4.78 is 10.4. The van der Waals surface area contributed by atoms with Crippen molar-refractivity contribution in [3.63, 3.8) is 0 Å². The second-order valence-corrected chi connectivity index (χ2v) is 6.74. The van der Waals surface area contributed by atoms with Crippen molar-refractivity contribution in [3.05, 3.63) is 59.9 Å². The second-order valence-electron chi connectivity index (χ2n) is 6.74. The fraction of sp³-hybridized carbons (Fsp3) is 0.318. The van der Waals surface area contributed by atoms with Crippen LogP contribution in [0, 0.1) is 0 Å². The second kappa shape index (κ2) is 9.84. The molecule has 3 rings (SSSR count). The Labute approximate surface area is 170 Å². The molecule has 2 heterocycles. The molecule has 7 heteroatoms. The van der Waals surface area contributed by atoms with Crippen molar-refractivity contribution < 1.29 is 19.1 Å². The lowest BCUT2D eigenvalue weighted by Crippen LogP contribution is -2.50. The van der Waals surface area contributed by atoms with Gasteiger partial charge in [0.2, 0.25) is 5.78 Å². The number of rotatable bonds is 7. The third-order valence-corrected chi connectivity index (χ3v) is 4.83. The zero-order chi connectivity index (χ0) is 20.6. The summed E-state index contributed by atoms with van der Waals surface area (Å²) in [7, 11) is 3.11. The van der Waals surface area contributed by atoms with E-state index in [4.69, 9.17) is 9.47 Å². The Morgan fingerprint density at radius 3 is 2.48 bits per heavy atom. The molecule has 0 atom stereocenters. The van der Waals surface area contributed by atoms with Crippen LogP contribution in [-0.4, -0.2) is 66.9 Å². The van der Waals surface area contributed by atoms with Crippen molar-refractivity contribution in [1.82, 2.24) is 14.8 Å². The smallest absolute Gasteiger partial charge is 0.294 e. The highest BCUT2D eigenvalue weighted by atomic mass is 16.5. The Bertz CT molecular complexity index is 875. The molecule has 1 aromatic heterocycles. The largest absolute Gasteiger partial charge is 0.493 e. The van der Waals surface area contributed by atoms with Crippen molar-refractivity contribution in [2.75, 3.05) is 40.4 Å². The molecule has 0 unspecified atom stereocenters. The van der Waals surface area contributed by atoms with E-state index < -0.39 is 11.7 Å². The van der Waals surface area contributed by atoms with Crippen LogP contribution >= 0.6 is 0 Å². The Morgan fingerprint density at radius 1 is 1.07 bits per heavy atom. The van der Waals surface area contributed by atoms with E-state index in [2.05, 4.69) is 9.88 Å². The van der Waals surface area contributed by atoms with Gasteiger partial charge in [0.05, 0.1) is 14.2 Å². The van der Waals surface area contributed by atoms with E-state index in [1.807, 2.05) is 18.3 Å². The highest BCUT2D eigenvalue weighted by Gasteiger charge is 2.24. The van der Waals surface area contributed by atoms with E-state index in [0.717, 1.165) is 30.8 Å². The standard InChI is InChI=1S/C22H25N3O4/c1-28-20-8-6-17(14-21(20)29-2)5-7-19(26)22(27)25-12-10-24(11-13-25)16-18-4-3-9-23-15-18/h3-9,14-15H,10-13,16H2,1-2H3. The number of ketones is 1. The van der Waals surface area contributed by atoms with Crippen LogP contribution in [0.4, 0.5) is 0 Å². The summed E-state index contributed by atoms with van der Waals surface area (Å²) in [5.41, 5.74) is 1.89. The highest BCUT2D eigenvalue weighted by Crippen LogP contribution is 2.27. The zero-order valence-corrected chi connectivity index (χ0v) is 16.7. The van der Waals surface area contributed by atoms with Gasteiger partial charge in [-0.3, -0.25) is 19.5 Å². The number of ether oxygens (including phenoxy) is 2. The van der Waals surface area contributed by atoms with Crippen molar-refractivity contribution in [1.29, 1.82) is 0 Å². The molecule has 0 spiro atoms. The van der Waals surface area contributed by atoms with Gasteiger partial charge in [-0.1, -0.05) is 18.2 Å². The highest BCUT2D eigenvalue weighted by molar-refractivity contribution is 6.41. The van der Waals surface area contributed by atoms with Crippen LogP contribution in [0.2, 0.25) is 0 Å². The number of nitrogens with zero attached hydrogens (tertiary/aromatic N) is 3. The van der Waals surface area contributed by atoms with Gasteiger partial charge in [-0.05, 0) is 35.4 Å². The molecule has 152 valence electrons. The number of methoxy groups -OCH3 is 2. The van der Waals surface area contributed by atoms with Gasteiger partial charge in [-0.2, -0.15) is 0 Å². The van der Waals surface area contributed by atoms with Gasteiger partial charge in [-0.15, -0.1) is 0 Å². The summed E-state index contributed by atoms with van der Waals surface area (Å²) in [4.78, 5) is 32.8. The fourth-order valence-electron chi connectivity index (χ4n) is 3.21. The molecule has 7 nitrogen and oxygen atoms in total. The molecular weight excluding hydrogens is 370 g/mol. The molecule has 29 heavy (non-hydrogen) atoms. The molecule has 0 N–H and O–H groups in total. The fourth-order valence-corrected chi connectivity index (χ4v) is 3.21. The predicted octanol–water partition coefficient (Wildman–Crippen LogP) is 2.03. The number of amides is 1. The predicted molar refractivity (Wildman–Crippen MR) is 110 cm³/mol. The number of pyridine rings is 1. The minimum absolute atomic E-state index is 0.470. The Hall–Kier alpha value is -3.19. The Kier molecular flexibility index (Phi) is 6.97. The quantitative estimate of drug-likeness (QED) is 0.528. The van der Waals surface area contributed by atoms with Crippen molar-refractivity contribution in [2.24, 2.45) is 0 Å². The van der Waals surface area contributed by atoms with Gasteiger partial charge >= 0.3 is 0 Å². The maximum atomic E-state index is 12.5. The number of aromatic nitrogens is 1. The zero-order valence-electron chi connectivity index (χ0n) is 16.7. The summed E-state index contributed by atoms with van der Waals surface area (Å²) in [5, 5.41) is 0. The summed E-state index contributed by atoms with van der Waals surface area (Å²) in [5.74, 6) is 0.178. The summed E-state index contributed by atoms with van der Waals surface area (Å²) in [6.45, 7) is 3.33. The first-order valence-electron chi connectivity index (χ1n) is 9.45. The van der Waals surface area contributed by atoms with E-state index in [0.29, 0.717) is 24.6 Å². The normalized spacial score (nSPS) is 14.8. The first-order valence-corrected chi connectivity index (χ1v) is 9.45. The van der Waals surface area contributed by atoms with Gasteiger partial charge in [0.15, 0.2) is 11.5 Å². The van der Waals surface area contributed by atoms with Gasteiger partial charge in [-0.25, -0.2) is 0 Å². The maximum Gasteiger partial charge on any atom is 0.294 e. The van der Waals surface area contributed by atoms with Gasteiger partial charge in [0.1, 0.15) is 0 Å². The lowest BCUT2D eigenvalue weighted by molar-refractivity contribution is -0.143. The van der Waals surface area contributed by atoms with E-state index in [1.54, 1.807) is 49.6 Å². The molecular formula is C22H25N3O4.